The number of aryl methyl sites for hydroxylation is 1. The molecule has 0 radical (unpaired) electrons. The van der Waals surface area contributed by atoms with Gasteiger partial charge in [0.25, 0.3) is 0 Å². The van der Waals surface area contributed by atoms with Gasteiger partial charge in [-0.05, 0) is 6.92 Å². The van der Waals surface area contributed by atoms with Crippen LogP contribution in [0.4, 0.5) is 0 Å². The predicted molar refractivity (Wildman–Crippen MR) is 34.7 cm³/mol. The molecule has 0 atom stereocenters. The van der Waals surface area contributed by atoms with Gasteiger partial charge in [-0.15, -0.1) is 0 Å². The Morgan fingerprint density at radius 1 is 1.44 bits per heavy atom. The quantitative estimate of drug-likeness (QED) is 0.582. The predicted octanol–water partition coefficient (Wildman–Crippen LogP) is 0.244. The van der Waals surface area contributed by atoms with E-state index in [1.165, 1.54) is 0 Å². The average Bonchev–Trinajstić information content (AvgIpc) is 1.89. The van der Waals surface area contributed by atoms with Gasteiger partial charge in [0.05, 0.1) is 11.4 Å². The smallest absolute Gasteiger partial charge is 0.0751 e. The van der Waals surface area contributed by atoms with Crippen LogP contribution < -0.4 is 5.73 Å². The summed E-state index contributed by atoms with van der Waals surface area (Å²) in [5.74, 6) is 0. The van der Waals surface area contributed by atoms with Crippen molar-refractivity contribution >= 4 is 0 Å². The van der Waals surface area contributed by atoms with E-state index in [2.05, 4.69) is 9.97 Å². The van der Waals surface area contributed by atoms with Crippen LogP contribution in [0.1, 0.15) is 11.4 Å². The third-order valence-corrected chi connectivity index (χ3v) is 1.18. The molecule has 9 heavy (non-hydrogen) atoms. The van der Waals surface area contributed by atoms with Gasteiger partial charge in [-0.25, -0.2) is 0 Å². The van der Waals surface area contributed by atoms with Gasteiger partial charge in [-0.3, -0.25) is 9.97 Å². The Bertz CT molecular complexity index is 197. The molecule has 0 aliphatic heterocycles. The van der Waals surface area contributed by atoms with Gasteiger partial charge in [-0.2, -0.15) is 0 Å². The number of rotatable bonds is 1. The molecular formula is C6H9N3. The van der Waals surface area contributed by atoms with E-state index in [-0.39, 0.29) is 0 Å². The highest BCUT2D eigenvalue weighted by Crippen LogP contribution is 1.95. The van der Waals surface area contributed by atoms with Crippen molar-refractivity contribution in [3.05, 3.63) is 23.8 Å². The number of hydrogen-bond donors (Lipinski definition) is 1. The van der Waals surface area contributed by atoms with Gasteiger partial charge in [0, 0.05) is 18.9 Å². The molecule has 0 unspecified atom stereocenters. The summed E-state index contributed by atoms with van der Waals surface area (Å²) in [4.78, 5) is 8.02. The highest BCUT2D eigenvalue weighted by atomic mass is 14.8. The van der Waals surface area contributed by atoms with E-state index >= 15 is 0 Å². The number of hydrogen-bond acceptors (Lipinski definition) is 3. The zero-order valence-electron chi connectivity index (χ0n) is 5.33. The van der Waals surface area contributed by atoms with E-state index in [1.54, 1.807) is 12.4 Å². The monoisotopic (exact) mass is 123 g/mol. The van der Waals surface area contributed by atoms with Crippen LogP contribution in [0.2, 0.25) is 0 Å². The van der Waals surface area contributed by atoms with Crippen molar-refractivity contribution in [3.8, 4) is 0 Å². The average molecular weight is 123 g/mol. The van der Waals surface area contributed by atoms with E-state index in [1.807, 2.05) is 6.92 Å². The second-order valence-corrected chi connectivity index (χ2v) is 1.79. The topological polar surface area (TPSA) is 51.8 Å². The van der Waals surface area contributed by atoms with Crippen molar-refractivity contribution in [1.29, 1.82) is 0 Å². The molecule has 0 saturated carbocycles. The summed E-state index contributed by atoms with van der Waals surface area (Å²) >= 11 is 0. The SMILES string of the molecule is Cc1nccnc1CN. The van der Waals surface area contributed by atoms with Crippen LogP contribution in [0, 0.1) is 6.92 Å². The van der Waals surface area contributed by atoms with Crippen LogP contribution in [-0.4, -0.2) is 9.97 Å². The van der Waals surface area contributed by atoms with E-state index in [0.29, 0.717) is 6.54 Å². The van der Waals surface area contributed by atoms with Crippen LogP contribution >= 0.6 is 0 Å². The van der Waals surface area contributed by atoms with Gasteiger partial charge in [-0.1, -0.05) is 0 Å². The first-order chi connectivity index (χ1) is 4.34. The molecule has 1 aromatic heterocycles. The molecule has 0 aliphatic carbocycles. The molecule has 48 valence electrons. The number of aromatic nitrogens is 2. The van der Waals surface area contributed by atoms with E-state index in [0.717, 1.165) is 11.4 Å². The Morgan fingerprint density at radius 2 is 2.11 bits per heavy atom. The lowest BCUT2D eigenvalue weighted by Crippen LogP contribution is -2.02. The van der Waals surface area contributed by atoms with Crippen LogP contribution in [-0.2, 0) is 6.54 Å². The summed E-state index contributed by atoms with van der Waals surface area (Å²) in [7, 11) is 0. The van der Waals surface area contributed by atoms with E-state index in [4.69, 9.17) is 5.73 Å². The number of nitrogens with zero attached hydrogens (tertiary/aromatic N) is 2. The highest BCUT2D eigenvalue weighted by Gasteiger charge is 1.93. The van der Waals surface area contributed by atoms with Crippen molar-refractivity contribution < 1.29 is 0 Å². The molecule has 3 heteroatoms. The van der Waals surface area contributed by atoms with Gasteiger partial charge in [0.2, 0.25) is 0 Å². The van der Waals surface area contributed by atoms with Crippen LogP contribution in [0.5, 0.6) is 0 Å². The Morgan fingerprint density at radius 3 is 2.56 bits per heavy atom. The Balaban J connectivity index is 3.01. The zero-order chi connectivity index (χ0) is 6.69. The van der Waals surface area contributed by atoms with E-state index < -0.39 is 0 Å². The second-order valence-electron chi connectivity index (χ2n) is 1.79. The fourth-order valence-corrected chi connectivity index (χ4v) is 0.637. The lowest BCUT2D eigenvalue weighted by molar-refractivity contribution is 0.929. The summed E-state index contributed by atoms with van der Waals surface area (Å²) in [6.45, 7) is 2.37. The van der Waals surface area contributed by atoms with Gasteiger partial charge < -0.3 is 5.73 Å². The highest BCUT2D eigenvalue weighted by molar-refractivity contribution is 5.06. The molecule has 0 amide bonds. The molecule has 0 aromatic carbocycles. The van der Waals surface area contributed by atoms with Crippen molar-refractivity contribution in [2.75, 3.05) is 0 Å². The van der Waals surface area contributed by atoms with Crippen molar-refractivity contribution in [3.63, 3.8) is 0 Å². The maximum atomic E-state index is 5.35. The largest absolute Gasteiger partial charge is 0.325 e. The third kappa shape index (κ3) is 1.23. The minimum absolute atomic E-state index is 0.472. The van der Waals surface area contributed by atoms with Crippen LogP contribution in [0.25, 0.3) is 0 Å². The maximum absolute atomic E-state index is 5.35. The van der Waals surface area contributed by atoms with Crippen LogP contribution in [0.15, 0.2) is 12.4 Å². The summed E-state index contributed by atoms with van der Waals surface area (Å²) in [5, 5.41) is 0. The molecule has 1 aromatic rings. The molecule has 0 fully saturated rings. The molecule has 3 nitrogen and oxygen atoms in total. The molecule has 1 rings (SSSR count). The fourth-order valence-electron chi connectivity index (χ4n) is 0.637. The molecule has 0 saturated heterocycles. The summed E-state index contributed by atoms with van der Waals surface area (Å²) in [5.41, 5.74) is 7.14. The van der Waals surface area contributed by atoms with Gasteiger partial charge >= 0.3 is 0 Å². The van der Waals surface area contributed by atoms with Crippen molar-refractivity contribution in [2.45, 2.75) is 13.5 Å². The first-order valence-electron chi connectivity index (χ1n) is 2.81. The molecule has 0 bridgehead atoms. The number of nitrogens with two attached hydrogens (primary N) is 1. The zero-order valence-corrected chi connectivity index (χ0v) is 5.33. The van der Waals surface area contributed by atoms with Crippen molar-refractivity contribution in [1.82, 2.24) is 9.97 Å². The minimum Gasteiger partial charge on any atom is -0.325 e. The molecular weight excluding hydrogens is 114 g/mol. The molecule has 1 heterocycles. The lowest BCUT2D eigenvalue weighted by Gasteiger charge is -1.96. The standard InChI is InChI=1S/C6H9N3/c1-5-6(4-7)9-3-2-8-5/h2-3H,4,7H2,1H3. The second kappa shape index (κ2) is 2.55. The Labute approximate surface area is 53.9 Å². The Hall–Kier alpha value is -0.960. The van der Waals surface area contributed by atoms with E-state index in [9.17, 15) is 0 Å². The molecule has 0 spiro atoms. The lowest BCUT2D eigenvalue weighted by atomic mass is 10.3. The molecule has 0 aliphatic rings. The first kappa shape index (κ1) is 6.16. The van der Waals surface area contributed by atoms with Gasteiger partial charge in [0.1, 0.15) is 0 Å². The first-order valence-corrected chi connectivity index (χ1v) is 2.81. The summed E-state index contributed by atoms with van der Waals surface area (Å²) in [6, 6.07) is 0. The molecule has 2 N–H and O–H groups in total. The Kier molecular flexibility index (Phi) is 1.75. The van der Waals surface area contributed by atoms with Gasteiger partial charge in [0.15, 0.2) is 0 Å². The third-order valence-electron chi connectivity index (χ3n) is 1.18. The minimum atomic E-state index is 0.472. The normalized spacial score (nSPS) is 9.56. The maximum Gasteiger partial charge on any atom is 0.0751 e. The van der Waals surface area contributed by atoms with Crippen molar-refractivity contribution in [2.24, 2.45) is 5.73 Å². The summed E-state index contributed by atoms with van der Waals surface area (Å²) in [6.07, 6.45) is 3.31. The fraction of sp³-hybridized carbons (Fsp3) is 0.333. The van der Waals surface area contributed by atoms with Crippen LogP contribution in [0.3, 0.4) is 0 Å². The summed E-state index contributed by atoms with van der Waals surface area (Å²) < 4.78 is 0.